The number of rotatable bonds is 4. The molecule has 0 aliphatic rings. The standard InChI is InChI=1S/C6H6O10/c7-1(3(8)9)2(4(10)11)15-6(14)16-5(12)13/h1-2,7H,(H,8,9)(H,10,11)(H,12,13). The summed E-state index contributed by atoms with van der Waals surface area (Å²) >= 11 is 0. The summed E-state index contributed by atoms with van der Waals surface area (Å²) in [6.45, 7) is 0. The van der Waals surface area contributed by atoms with Crippen molar-refractivity contribution in [3.63, 3.8) is 0 Å². The lowest BCUT2D eigenvalue weighted by molar-refractivity contribution is -0.167. The maximum absolute atomic E-state index is 10.5. The van der Waals surface area contributed by atoms with E-state index in [4.69, 9.17) is 20.4 Å². The first-order valence-electron chi connectivity index (χ1n) is 3.50. The molecule has 0 aliphatic carbocycles. The van der Waals surface area contributed by atoms with Crippen molar-refractivity contribution in [2.24, 2.45) is 0 Å². The molecule has 4 N–H and O–H groups in total. The van der Waals surface area contributed by atoms with Crippen molar-refractivity contribution >= 4 is 24.2 Å². The molecule has 0 fully saturated rings. The number of ether oxygens (including phenoxy) is 2. The van der Waals surface area contributed by atoms with Crippen LogP contribution in [0, 0.1) is 0 Å². The van der Waals surface area contributed by atoms with Crippen molar-refractivity contribution in [3.8, 4) is 0 Å². The number of carboxylic acid groups (broad SMARTS) is 3. The van der Waals surface area contributed by atoms with E-state index < -0.39 is 36.5 Å². The van der Waals surface area contributed by atoms with Crippen LogP contribution in [0.15, 0.2) is 0 Å². The lowest BCUT2D eigenvalue weighted by Gasteiger charge is -2.14. The van der Waals surface area contributed by atoms with Gasteiger partial charge in [0.05, 0.1) is 0 Å². The fraction of sp³-hybridized carbons (Fsp3) is 0.333. The van der Waals surface area contributed by atoms with Crippen LogP contribution in [0.3, 0.4) is 0 Å². The van der Waals surface area contributed by atoms with E-state index in [9.17, 15) is 19.2 Å². The number of carbonyl (C=O) groups excluding carboxylic acids is 1. The van der Waals surface area contributed by atoms with Crippen LogP contribution in [0.4, 0.5) is 9.59 Å². The van der Waals surface area contributed by atoms with Gasteiger partial charge in [0.2, 0.25) is 6.10 Å². The maximum atomic E-state index is 10.5. The Hall–Kier alpha value is -2.36. The molecule has 0 aromatic heterocycles. The van der Waals surface area contributed by atoms with Crippen LogP contribution in [-0.2, 0) is 19.1 Å². The predicted octanol–water partition coefficient (Wildman–Crippen LogP) is -1.28. The average Bonchev–Trinajstić information content (AvgIpc) is 2.11. The zero-order chi connectivity index (χ0) is 12.9. The Kier molecular flexibility index (Phi) is 4.69. The number of aliphatic hydroxyl groups excluding tert-OH is 1. The highest BCUT2D eigenvalue weighted by molar-refractivity contribution is 5.85. The first-order chi connectivity index (χ1) is 7.25. The molecule has 0 bridgehead atoms. The van der Waals surface area contributed by atoms with Crippen molar-refractivity contribution in [1.29, 1.82) is 0 Å². The topological polar surface area (TPSA) is 168 Å². The van der Waals surface area contributed by atoms with E-state index in [1.807, 2.05) is 0 Å². The molecular weight excluding hydrogens is 232 g/mol. The van der Waals surface area contributed by atoms with Gasteiger partial charge in [-0.15, -0.1) is 0 Å². The van der Waals surface area contributed by atoms with Crippen molar-refractivity contribution < 1.29 is 49.1 Å². The number of hydrogen-bond donors (Lipinski definition) is 4. The highest BCUT2D eigenvalue weighted by Gasteiger charge is 2.36. The summed E-state index contributed by atoms with van der Waals surface area (Å²) < 4.78 is 7.12. The largest absolute Gasteiger partial charge is 0.519 e. The van der Waals surface area contributed by atoms with E-state index in [0.717, 1.165) is 0 Å². The Morgan fingerprint density at radius 3 is 1.75 bits per heavy atom. The Labute approximate surface area is 86.6 Å². The van der Waals surface area contributed by atoms with E-state index in [0.29, 0.717) is 0 Å². The van der Waals surface area contributed by atoms with E-state index in [1.165, 1.54) is 0 Å². The van der Waals surface area contributed by atoms with Gasteiger partial charge in [-0.25, -0.2) is 19.2 Å². The second-order valence-electron chi connectivity index (χ2n) is 2.28. The third kappa shape index (κ3) is 4.23. The van der Waals surface area contributed by atoms with Gasteiger partial charge in [0, 0.05) is 0 Å². The molecule has 0 saturated heterocycles. The van der Waals surface area contributed by atoms with Gasteiger partial charge in [0.1, 0.15) is 0 Å². The molecule has 0 radical (unpaired) electrons. The zero-order valence-corrected chi connectivity index (χ0v) is 7.39. The molecule has 0 spiro atoms. The second-order valence-corrected chi connectivity index (χ2v) is 2.28. The Balaban J connectivity index is 4.58. The molecule has 2 unspecified atom stereocenters. The second kappa shape index (κ2) is 5.50. The first-order valence-corrected chi connectivity index (χ1v) is 3.50. The van der Waals surface area contributed by atoms with Gasteiger partial charge >= 0.3 is 24.2 Å². The third-order valence-corrected chi connectivity index (χ3v) is 1.18. The SMILES string of the molecule is O=C(O)OC(=O)OC(C(=O)O)C(O)C(=O)O. The molecule has 0 aromatic rings. The fourth-order valence-corrected chi connectivity index (χ4v) is 0.578. The predicted molar refractivity (Wildman–Crippen MR) is 40.7 cm³/mol. The maximum Gasteiger partial charge on any atom is 0.519 e. The summed E-state index contributed by atoms with van der Waals surface area (Å²) in [7, 11) is 0. The summed E-state index contributed by atoms with van der Waals surface area (Å²) in [6.07, 6.45) is -9.04. The van der Waals surface area contributed by atoms with Gasteiger partial charge in [0.25, 0.3) is 0 Å². The van der Waals surface area contributed by atoms with Crippen LogP contribution in [0.1, 0.15) is 0 Å². The molecule has 10 heteroatoms. The molecule has 0 rings (SSSR count). The molecule has 0 saturated carbocycles. The first kappa shape index (κ1) is 13.6. The molecule has 10 nitrogen and oxygen atoms in total. The molecule has 0 aliphatic heterocycles. The molecule has 0 aromatic carbocycles. The van der Waals surface area contributed by atoms with Crippen molar-refractivity contribution in [2.75, 3.05) is 0 Å². The van der Waals surface area contributed by atoms with E-state index >= 15 is 0 Å². The van der Waals surface area contributed by atoms with Crippen LogP contribution >= 0.6 is 0 Å². The minimum absolute atomic E-state index is 1.96. The van der Waals surface area contributed by atoms with Gasteiger partial charge in [-0.2, -0.15) is 0 Å². The monoisotopic (exact) mass is 238 g/mol. The minimum atomic E-state index is -2.54. The smallest absolute Gasteiger partial charge is 0.479 e. The Bertz CT molecular complexity index is 319. The van der Waals surface area contributed by atoms with Gasteiger partial charge in [-0.1, -0.05) is 0 Å². The Morgan fingerprint density at radius 1 is 0.938 bits per heavy atom. The molecule has 2 atom stereocenters. The molecular formula is C6H6O10. The third-order valence-electron chi connectivity index (χ3n) is 1.18. The lowest BCUT2D eigenvalue weighted by Crippen LogP contribution is -2.43. The van der Waals surface area contributed by atoms with Gasteiger partial charge in [0.15, 0.2) is 6.10 Å². The summed E-state index contributed by atoms with van der Waals surface area (Å²) in [6, 6.07) is 0. The van der Waals surface area contributed by atoms with Gasteiger partial charge < -0.3 is 29.9 Å². The van der Waals surface area contributed by atoms with Crippen molar-refractivity contribution in [2.45, 2.75) is 12.2 Å². The van der Waals surface area contributed by atoms with Gasteiger partial charge in [-0.3, -0.25) is 0 Å². The highest BCUT2D eigenvalue weighted by Crippen LogP contribution is 2.03. The lowest BCUT2D eigenvalue weighted by atomic mass is 10.2. The van der Waals surface area contributed by atoms with E-state index in [2.05, 4.69) is 9.47 Å². The number of hydrogen-bond acceptors (Lipinski definition) is 7. The highest BCUT2D eigenvalue weighted by atomic mass is 16.8. The molecule has 0 amide bonds. The number of carboxylic acids is 2. The van der Waals surface area contributed by atoms with Crippen LogP contribution in [-0.4, -0.2) is 56.9 Å². The van der Waals surface area contributed by atoms with Crippen LogP contribution < -0.4 is 0 Å². The van der Waals surface area contributed by atoms with Crippen LogP contribution in [0.25, 0.3) is 0 Å². The fourth-order valence-electron chi connectivity index (χ4n) is 0.578. The van der Waals surface area contributed by atoms with E-state index in [-0.39, 0.29) is 0 Å². The number of carbonyl (C=O) groups is 4. The zero-order valence-electron chi connectivity index (χ0n) is 7.39. The van der Waals surface area contributed by atoms with Crippen molar-refractivity contribution in [1.82, 2.24) is 0 Å². The molecule has 0 heterocycles. The summed E-state index contributed by atoms with van der Waals surface area (Å²) in [4.78, 5) is 40.9. The summed E-state index contributed by atoms with van der Waals surface area (Å²) in [5.74, 6) is -3.94. The van der Waals surface area contributed by atoms with Gasteiger partial charge in [-0.05, 0) is 0 Å². The van der Waals surface area contributed by atoms with Crippen LogP contribution in [0.2, 0.25) is 0 Å². The Morgan fingerprint density at radius 2 is 1.44 bits per heavy atom. The average molecular weight is 238 g/mol. The van der Waals surface area contributed by atoms with Crippen LogP contribution in [0.5, 0.6) is 0 Å². The summed E-state index contributed by atoms with van der Waals surface area (Å²) in [5.41, 5.74) is 0. The summed E-state index contributed by atoms with van der Waals surface area (Å²) in [5, 5.41) is 33.3. The number of aliphatic hydroxyl groups is 1. The molecule has 16 heavy (non-hydrogen) atoms. The quantitative estimate of drug-likeness (QED) is 0.341. The van der Waals surface area contributed by atoms with E-state index in [1.54, 1.807) is 0 Å². The number of aliphatic carboxylic acids is 2. The normalized spacial score (nSPS) is 13.3. The molecule has 90 valence electrons. The van der Waals surface area contributed by atoms with Crippen molar-refractivity contribution in [3.05, 3.63) is 0 Å². The minimum Gasteiger partial charge on any atom is -0.479 e.